The van der Waals surface area contributed by atoms with Crippen molar-refractivity contribution in [3.8, 4) is 11.5 Å². The Morgan fingerprint density at radius 1 is 1.21 bits per heavy atom. The number of ether oxygens (including phenoxy) is 3. The number of rotatable bonds is 9. The molecular weight excluding hydrogens is 334 g/mol. The fourth-order valence-electron chi connectivity index (χ4n) is 1.82. The van der Waals surface area contributed by atoms with Crippen molar-refractivity contribution in [1.29, 1.82) is 0 Å². The fourth-order valence-corrected chi connectivity index (χ4v) is 2.53. The molecule has 1 aromatic carbocycles. The summed E-state index contributed by atoms with van der Waals surface area (Å²) in [6.07, 6.45) is 0.0967. The zero-order valence-corrected chi connectivity index (χ0v) is 13.9. The zero-order valence-electron chi connectivity index (χ0n) is 13.1. The molecule has 0 saturated heterocycles. The Balaban J connectivity index is 1.68. The number of nitrogens with zero attached hydrogens (tertiary/aromatic N) is 1. The molecule has 0 radical (unpaired) electrons. The van der Waals surface area contributed by atoms with Crippen molar-refractivity contribution in [2.24, 2.45) is 0 Å². The normalized spacial score (nSPS) is 10.2. The van der Waals surface area contributed by atoms with E-state index in [2.05, 4.69) is 0 Å². The third-order valence-corrected chi connectivity index (χ3v) is 3.86. The van der Waals surface area contributed by atoms with Crippen LogP contribution in [0.5, 0.6) is 11.5 Å². The van der Waals surface area contributed by atoms with Gasteiger partial charge in [0, 0.05) is 17.0 Å². The molecule has 2 rings (SSSR count). The van der Waals surface area contributed by atoms with Crippen molar-refractivity contribution in [2.45, 2.75) is 20.0 Å². The van der Waals surface area contributed by atoms with Gasteiger partial charge in [0.05, 0.1) is 24.6 Å². The summed E-state index contributed by atoms with van der Waals surface area (Å²) >= 11 is 1.00. The van der Waals surface area contributed by atoms with Crippen LogP contribution in [0.3, 0.4) is 0 Å². The van der Waals surface area contributed by atoms with Gasteiger partial charge >= 0.3 is 11.0 Å². The molecule has 0 spiro atoms. The van der Waals surface area contributed by atoms with Crippen molar-refractivity contribution < 1.29 is 23.9 Å². The molecule has 0 unspecified atom stereocenters. The first-order valence-corrected chi connectivity index (χ1v) is 8.19. The fraction of sp³-hybridized carbons (Fsp3) is 0.312. The van der Waals surface area contributed by atoms with Crippen LogP contribution in [0.1, 0.15) is 18.9 Å². The summed E-state index contributed by atoms with van der Waals surface area (Å²) in [5.74, 6) is 0.976. The van der Waals surface area contributed by atoms with E-state index in [1.807, 2.05) is 6.92 Å². The molecule has 0 atom stereocenters. The first kappa shape index (κ1) is 17.7. The second-order valence-corrected chi connectivity index (χ2v) is 5.60. The molecule has 0 bridgehead atoms. The molecule has 0 aliphatic rings. The molecule has 128 valence electrons. The summed E-state index contributed by atoms with van der Waals surface area (Å²) in [6.45, 7) is 2.71. The second-order valence-electron chi connectivity index (χ2n) is 4.71. The number of hydrogen-bond acceptors (Lipinski definition) is 7. The summed E-state index contributed by atoms with van der Waals surface area (Å²) < 4.78 is 15.8. The van der Waals surface area contributed by atoms with E-state index in [0.29, 0.717) is 17.9 Å². The van der Waals surface area contributed by atoms with E-state index in [-0.39, 0.29) is 24.6 Å². The summed E-state index contributed by atoms with van der Waals surface area (Å²) in [4.78, 5) is 21.7. The predicted molar refractivity (Wildman–Crippen MR) is 88.5 cm³/mol. The highest BCUT2D eigenvalue weighted by molar-refractivity contribution is 7.13. The number of thiophene rings is 1. The van der Waals surface area contributed by atoms with Gasteiger partial charge in [0.25, 0.3) is 0 Å². The Kier molecular flexibility index (Phi) is 6.56. The molecule has 7 nitrogen and oxygen atoms in total. The third kappa shape index (κ3) is 5.54. The number of nitro groups is 1. The van der Waals surface area contributed by atoms with Gasteiger partial charge < -0.3 is 14.2 Å². The largest absolute Gasteiger partial charge is 0.494 e. The van der Waals surface area contributed by atoms with Gasteiger partial charge in [-0.3, -0.25) is 14.9 Å². The number of hydrogen-bond donors (Lipinski definition) is 0. The average molecular weight is 351 g/mol. The molecule has 1 aromatic heterocycles. The van der Waals surface area contributed by atoms with Crippen LogP contribution in [-0.2, 0) is 16.1 Å². The van der Waals surface area contributed by atoms with Crippen molar-refractivity contribution in [1.82, 2.24) is 0 Å². The number of benzene rings is 1. The van der Waals surface area contributed by atoms with E-state index in [4.69, 9.17) is 14.2 Å². The van der Waals surface area contributed by atoms with Crippen LogP contribution < -0.4 is 9.47 Å². The van der Waals surface area contributed by atoms with Crippen molar-refractivity contribution >= 4 is 22.3 Å². The van der Waals surface area contributed by atoms with Crippen LogP contribution in [-0.4, -0.2) is 24.1 Å². The molecule has 0 aliphatic heterocycles. The minimum absolute atomic E-state index is 0.0201. The van der Waals surface area contributed by atoms with Gasteiger partial charge in [0.15, 0.2) is 0 Å². The molecule has 2 aromatic rings. The van der Waals surface area contributed by atoms with Crippen LogP contribution in [0.4, 0.5) is 5.00 Å². The maximum absolute atomic E-state index is 11.6. The van der Waals surface area contributed by atoms with Crippen LogP contribution in [0.2, 0.25) is 0 Å². The Bertz CT molecular complexity index is 682. The summed E-state index contributed by atoms with van der Waals surface area (Å²) in [7, 11) is 0. The van der Waals surface area contributed by atoms with E-state index in [1.54, 1.807) is 29.6 Å². The standard InChI is InChI=1S/C16H17NO6S/c1-2-21-13-3-5-14(6-4-13)22-8-7-16(18)23-10-12-9-15(17(19)20)24-11-12/h3-6,9,11H,2,7-8,10H2,1H3. The lowest BCUT2D eigenvalue weighted by molar-refractivity contribution is -0.380. The molecule has 0 saturated carbocycles. The van der Waals surface area contributed by atoms with E-state index in [9.17, 15) is 14.9 Å². The van der Waals surface area contributed by atoms with Crippen molar-refractivity contribution in [3.05, 3.63) is 51.4 Å². The van der Waals surface area contributed by atoms with Gasteiger partial charge in [-0.05, 0) is 31.2 Å². The third-order valence-electron chi connectivity index (χ3n) is 2.93. The topological polar surface area (TPSA) is 87.9 Å². The molecule has 0 aliphatic carbocycles. The Morgan fingerprint density at radius 2 is 1.88 bits per heavy atom. The lowest BCUT2D eigenvalue weighted by Crippen LogP contribution is -2.09. The first-order valence-electron chi connectivity index (χ1n) is 7.31. The predicted octanol–water partition coefficient (Wildman–Crippen LogP) is 3.57. The summed E-state index contributed by atoms with van der Waals surface area (Å²) in [5.41, 5.74) is 0.604. The molecule has 0 N–H and O–H groups in total. The molecule has 0 amide bonds. The molecule has 24 heavy (non-hydrogen) atoms. The van der Waals surface area contributed by atoms with E-state index >= 15 is 0 Å². The van der Waals surface area contributed by atoms with Crippen LogP contribution in [0.15, 0.2) is 35.7 Å². The number of esters is 1. The molecule has 8 heteroatoms. The number of carbonyl (C=O) groups is 1. The Labute approximate surface area is 142 Å². The quantitative estimate of drug-likeness (QED) is 0.390. The summed E-state index contributed by atoms with van der Waals surface area (Å²) in [5, 5.41) is 12.2. The Hall–Kier alpha value is -2.61. The maximum Gasteiger partial charge on any atom is 0.324 e. The molecule has 0 fully saturated rings. The van der Waals surface area contributed by atoms with Crippen molar-refractivity contribution in [2.75, 3.05) is 13.2 Å². The lowest BCUT2D eigenvalue weighted by Gasteiger charge is -2.07. The second kappa shape index (κ2) is 8.88. The Morgan fingerprint density at radius 3 is 2.46 bits per heavy atom. The van der Waals surface area contributed by atoms with Gasteiger partial charge in [0.1, 0.15) is 18.1 Å². The smallest absolute Gasteiger partial charge is 0.324 e. The van der Waals surface area contributed by atoms with Gasteiger partial charge in [-0.2, -0.15) is 0 Å². The van der Waals surface area contributed by atoms with E-state index in [1.165, 1.54) is 6.07 Å². The molecular formula is C16H17NO6S. The SMILES string of the molecule is CCOc1ccc(OCCC(=O)OCc2csc([N+](=O)[O-])c2)cc1. The van der Waals surface area contributed by atoms with Crippen LogP contribution >= 0.6 is 11.3 Å². The highest BCUT2D eigenvalue weighted by Gasteiger charge is 2.11. The number of carbonyl (C=O) groups excluding carboxylic acids is 1. The lowest BCUT2D eigenvalue weighted by atomic mass is 10.3. The monoisotopic (exact) mass is 351 g/mol. The van der Waals surface area contributed by atoms with Gasteiger partial charge in [-0.1, -0.05) is 11.3 Å². The van der Waals surface area contributed by atoms with Gasteiger partial charge in [-0.25, -0.2) is 0 Å². The maximum atomic E-state index is 11.6. The zero-order chi connectivity index (χ0) is 17.4. The van der Waals surface area contributed by atoms with E-state index in [0.717, 1.165) is 17.1 Å². The summed E-state index contributed by atoms with van der Waals surface area (Å²) in [6, 6.07) is 8.51. The van der Waals surface area contributed by atoms with Crippen LogP contribution in [0, 0.1) is 10.1 Å². The minimum Gasteiger partial charge on any atom is -0.494 e. The highest BCUT2D eigenvalue weighted by Crippen LogP contribution is 2.23. The first-order chi connectivity index (χ1) is 11.6. The van der Waals surface area contributed by atoms with Gasteiger partial charge in [-0.15, -0.1) is 0 Å². The van der Waals surface area contributed by atoms with E-state index < -0.39 is 10.9 Å². The minimum atomic E-state index is -0.472. The van der Waals surface area contributed by atoms with Crippen molar-refractivity contribution in [3.63, 3.8) is 0 Å². The van der Waals surface area contributed by atoms with Crippen LogP contribution in [0.25, 0.3) is 0 Å². The average Bonchev–Trinajstić information content (AvgIpc) is 3.04. The highest BCUT2D eigenvalue weighted by atomic mass is 32.1. The van der Waals surface area contributed by atoms with Gasteiger partial charge in [0.2, 0.25) is 0 Å². The molecule has 1 heterocycles.